The van der Waals surface area contributed by atoms with E-state index in [0.717, 1.165) is 24.8 Å². The van der Waals surface area contributed by atoms with Crippen molar-refractivity contribution in [3.8, 4) is 17.2 Å². The first-order valence-electron chi connectivity index (χ1n) is 7.00. The van der Waals surface area contributed by atoms with E-state index in [-0.39, 0.29) is 17.2 Å². The highest BCUT2D eigenvalue weighted by Gasteiger charge is 2.28. The minimum atomic E-state index is -0.557. The van der Waals surface area contributed by atoms with Crippen LogP contribution in [0.25, 0.3) is 11.5 Å². The molecular formula is C15H17FN2O2. The third kappa shape index (κ3) is 2.40. The molecular weight excluding hydrogens is 259 g/mol. The van der Waals surface area contributed by atoms with Crippen molar-refractivity contribution < 1.29 is 14.0 Å². The normalized spacial score (nSPS) is 22.3. The maximum Gasteiger partial charge on any atom is 0.260 e. The Morgan fingerprint density at radius 3 is 2.95 bits per heavy atom. The number of halogens is 1. The predicted octanol–water partition coefficient (Wildman–Crippen LogP) is 3.88. The van der Waals surface area contributed by atoms with Crippen LogP contribution in [0.1, 0.15) is 44.3 Å². The Labute approximate surface area is 116 Å². The molecule has 2 unspecified atom stereocenters. The molecule has 0 bridgehead atoms. The Bertz CT molecular complexity index is 612. The summed E-state index contributed by atoms with van der Waals surface area (Å²) in [5.74, 6) is 1.22. The molecule has 0 aliphatic heterocycles. The van der Waals surface area contributed by atoms with Gasteiger partial charge in [0, 0.05) is 12.0 Å². The number of phenols is 1. The number of phenolic OH excluding ortho intramolecular Hbond substituents is 1. The van der Waals surface area contributed by atoms with Crippen molar-refractivity contribution in [2.75, 3.05) is 0 Å². The zero-order valence-electron chi connectivity index (χ0n) is 11.3. The van der Waals surface area contributed by atoms with Crippen LogP contribution in [0.15, 0.2) is 22.7 Å². The average Bonchev–Trinajstić information content (AvgIpc) is 3.07. The van der Waals surface area contributed by atoms with Crippen molar-refractivity contribution in [1.82, 2.24) is 10.1 Å². The smallest absolute Gasteiger partial charge is 0.260 e. The number of benzene rings is 1. The number of rotatable bonds is 3. The highest BCUT2D eigenvalue weighted by Crippen LogP contribution is 2.39. The SMILES string of the molecule is CCC1CCC(c2noc(-c3ccc(O)cc3F)n2)C1. The molecule has 0 saturated heterocycles. The molecule has 1 aromatic heterocycles. The second-order valence-electron chi connectivity index (χ2n) is 5.41. The summed E-state index contributed by atoms with van der Waals surface area (Å²) in [6.45, 7) is 2.19. The monoisotopic (exact) mass is 276 g/mol. The van der Waals surface area contributed by atoms with Gasteiger partial charge in [-0.25, -0.2) is 4.39 Å². The van der Waals surface area contributed by atoms with Crippen LogP contribution in [0.4, 0.5) is 4.39 Å². The first kappa shape index (κ1) is 13.1. The van der Waals surface area contributed by atoms with E-state index in [1.54, 1.807) is 0 Å². The lowest BCUT2D eigenvalue weighted by atomic mass is 10.0. The minimum Gasteiger partial charge on any atom is -0.508 e. The van der Waals surface area contributed by atoms with Crippen molar-refractivity contribution in [2.24, 2.45) is 5.92 Å². The van der Waals surface area contributed by atoms with Crippen molar-refractivity contribution in [3.63, 3.8) is 0 Å². The van der Waals surface area contributed by atoms with Crippen LogP contribution >= 0.6 is 0 Å². The lowest BCUT2D eigenvalue weighted by Crippen LogP contribution is -1.97. The third-order valence-electron chi connectivity index (χ3n) is 4.11. The van der Waals surface area contributed by atoms with Gasteiger partial charge in [0.05, 0.1) is 5.56 Å². The summed E-state index contributed by atoms with van der Waals surface area (Å²) in [4.78, 5) is 4.32. The largest absolute Gasteiger partial charge is 0.508 e. The summed E-state index contributed by atoms with van der Waals surface area (Å²) in [6, 6.07) is 3.90. The van der Waals surface area contributed by atoms with Gasteiger partial charge >= 0.3 is 0 Å². The number of hydrogen-bond acceptors (Lipinski definition) is 4. The number of aromatic hydroxyl groups is 1. The van der Waals surface area contributed by atoms with Crippen molar-refractivity contribution in [3.05, 3.63) is 29.8 Å². The number of nitrogens with zero attached hydrogens (tertiary/aromatic N) is 2. The summed E-state index contributed by atoms with van der Waals surface area (Å²) in [5, 5.41) is 13.2. The molecule has 0 radical (unpaired) electrons. The molecule has 106 valence electrons. The van der Waals surface area contributed by atoms with Crippen LogP contribution in [0.3, 0.4) is 0 Å². The van der Waals surface area contributed by atoms with Crippen molar-refractivity contribution in [2.45, 2.75) is 38.5 Å². The minimum absolute atomic E-state index is 0.118. The fourth-order valence-electron chi connectivity index (χ4n) is 2.87. The zero-order valence-corrected chi connectivity index (χ0v) is 11.3. The Balaban J connectivity index is 1.83. The molecule has 2 aromatic rings. The molecule has 1 heterocycles. The third-order valence-corrected chi connectivity index (χ3v) is 4.11. The van der Waals surface area contributed by atoms with Gasteiger partial charge in [0.1, 0.15) is 11.6 Å². The lowest BCUT2D eigenvalue weighted by molar-refractivity contribution is 0.411. The molecule has 1 aliphatic carbocycles. The van der Waals surface area contributed by atoms with Crippen molar-refractivity contribution in [1.29, 1.82) is 0 Å². The van der Waals surface area contributed by atoms with Crippen LogP contribution in [0.5, 0.6) is 5.75 Å². The second kappa shape index (κ2) is 5.23. The van der Waals surface area contributed by atoms with E-state index in [1.165, 1.54) is 25.0 Å². The first-order chi connectivity index (χ1) is 9.67. The van der Waals surface area contributed by atoms with E-state index in [1.807, 2.05) is 0 Å². The maximum atomic E-state index is 13.8. The molecule has 0 spiro atoms. The van der Waals surface area contributed by atoms with Gasteiger partial charge in [0.2, 0.25) is 0 Å². The fraction of sp³-hybridized carbons (Fsp3) is 0.467. The number of hydrogen-bond donors (Lipinski definition) is 1. The zero-order chi connectivity index (χ0) is 14.1. The fourth-order valence-corrected chi connectivity index (χ4v) is 2.87. The first-order valence-corrected chi connectivity index (χ1v) is 7.00. The topological polar surface area (TPSA) is 59.2 Å². The molecule has 1 aromatic carbocycles. The van der Waals surface area contributed by atoms with Gasteiger partial charge < -0.3 is 9.63 Å². The van der Waals surface area contributed by atoms with Gasteiger partial charge in [0.15, 0.2) is 5.82 Å². The summed E-state index contributed by atoms with van der Waals surface area (Å²) in [7, 11) is 0. The van der Waals surface area contributed by atoms with Crippen LogP contribution in [-0.2, 0) is 0 Å². The van der Waals surface area contributed by atoms with Gasteiger partial charge in [-0.15, -0.1) is 0 Å². The van der Waals surface area contributed by atoms with Gasteiger partial charge in [-0.2, -0.15) is 4.98 Å². The van der Waals surface area contributed by atoms with E-state index in [4.69, 9.17) is 4.52 Å². The second-order valence-corrected chi connectivity index (χ2v) is 5.41. The molecule has 20 heavy (non-hydrogen) atoms. The molecule has 5 heteroatoms. The van der Waals surface area contributed by atoms with Crippen molar-refractivity contribution >= 4 is 0 Å². The van der Waals surface area contributed by atoms with Gasteiger partial charge in [0.25, 0.3) is 5.89 Å². The Hall–Kier alpha value is -1.91. The standard InChI is InChI=1S/C15H17FN2O2/c1-2-9-3-4-10(7-9)14-17-15(20-18-14)12-6-5-11(19)8-13(12)16/h5-6,8-10,19H,2-4,7H2,1H3. The van der Waals surface area contributed by atoms with Gasteiger partial charge in [-0.3, -0.25) is 0 Å². The van der Waals surface area contributed by atoms with Gasteiger partial charge in [-0.1, -0.05) is 18.5 Å². The molecule has 1 saturated carbocycles. The Morgan fingerprint density at radius 2 is 2.25 bits per heavy atom. The summed E-state index contributed by atoms with van der Waals surface area (Å²) in [5.41, 5.74) is 0.228. The molecule has 2 atom stereocenters. The molecule has 3 rings (SSSR count). The van der Waals surface area contributed by atoms with E-state index < -0.39 is 5.82 Å². The van der Waals surface area contributed by atoms with E-state index in [9.17, 15) is 9.50 Å². The van der Waals surface area contributed by atoms with Gasteiger partial charge in [-0.05, 0) is 37.3 Å². The van der Waals surface area contributed by atoms with Crippen LogP contribution in [0.2, 0.25) is 0 Å². The van der Waals surface area contributed by atoms with E-state index in [2.05, 4.69) is 17.1 Å². The molecule has 1 aliphatic rings. The number of aromatic nitrogens is 2. The quantitative estimate of drug-likeness (QED) is 0.924. The lowest BCUT2D eigenvalue weighted by Gasteiger charge is -2.04. The average molecular weight is 276 g/mol. The summed E-state index contributed by atoms with van der Waals surface area (Å²) in [6.07, 6.45) is 4.51. The van der Waals surface area contributed by atoms with Crippen LogP contribution < -0.4 is 0 Å². The Morgan fingerprint density at radius 1 is 1.40 bits per heavy atom. The van der Waals surface area contributed by atoms with Crippen LogP contribution in [-0.4, -0.2) is 15.2 Å². The maximum absolute atomic E-state index is 13.8. The molecule has 4 nitrogen and oxygen atoms in total. The highest BCUT2D eigenvalue weighted by molar-refractivity contribution is 5.55. The van der Waals surface area contributed by atoms with Crippen LogP contribution in [0, 0.1) is 11.7 Å². The van der Waals surface area contributed by atoms with E-state index in [0.29, 0.717) is 11.7 Å². The molecule has 1 N–H and O–H groups in total. The summed E-state index contributed by atoms with van der Waals surface area (Å²) >= 11 is 0. The highest BCUT2D eigenvalue weighted by atomic mass is 19.1. The van der Waals surface area contributed by atoms with E-state index >= 15 is 0 Å². The Kier molecular flexibility index (Phi) is 3.42. The molecule has 0 amide bonds. The summed E-state index contributed by atoms with van der Waals surface area (Å²) < 4.78 is 18.9. The molecule has 1 fully saturated rings. The predicted molar refractivity (Wildman–Crippen MR) is 71.7 cm³/mol.